The molecule has 1 aliphatic carbocycles. The van der Waals surface area contributed by atoms with E-state index in [1.165, 1.54) is 6.92 Å². The first-order chi connectivity index (χ1) is 8.07. The summed E-state index contributed by atoms with van der Waals surface area (Å²) in [5, 5.41) is 9.58. The minimum absolute atomic E-state index is 0.0208. The number of nitriles is 1. The second kappa shape index (κ2) is 5.33. The van der Waals surface area contributed by atoms with Gasteiger partial charge in [0.2, 0.25) is 0 Å². The molecule has 1 aromatic rings. The van der Waals surface area contributed by atoms with E-state index >= 15 is 0 Å². The van der Waals surface area contributed by atoms with Gasteiger partial charge in [-0.3, -0.25) is 4.79 Å². The van der Waals surface area contributed by atoms with Gasteiger partial charge in [0.05, 0.1) is 11.5 Å². The lowest BCUT2D eigenvalue weighted by molar-refractivity contribution is 0.101. The van der Waals surface area contributed by atoms with Crippen LogP contribution in [0.25, 0.3) is 0 Å². The van der Waals surface area contributed by atoms with Crippen LogP contribution in [0.15, 0.2) is 18.2 Å². The molecule has 0 bridgehead atoms. The summed E-state index contributed by atoms with van der Waals surface area (Å²) in [6.07, 6.45) is 1.72. The molecular weight excluding hydrogens is 234 g/mol. The van der Waals surface area contributed by atoms with E-state index in [-0.39, 0.29) is 11.2 Å². The molecular formula is C14H16ClNO. The van der Waals surface area contributed by atoms with Crippen molar-refractivity contribution in [1.29, 1.82) is 5.26 Å². The maximum atomic E-state index is 11.2. The lowest BCUT2D eigenvalue weighted by Gasteiger charge is -2.08. The Balaban J connectivity index is 0.000000686. The van der Waals surface area contributed by atoms with E-state index in [4.69, 9.17) is 16.9 Å². The van der Waals surface area contributed by atoms with Gasteiger partial charge in [-0.1, -0.05) is 25.4 Å². The van der Waals surface area contributed by atoms with Crippen LogP contribution in [0.3, 0.4) is 0 Å². The molecule has 0 N–H and O–H groups in total. The Morgan fingerprint density at radius 1 is 1.35 bits per heavy atom. The molecule has 2 rings (SSSR count). The highest BCUT2D eigenvalue weighted by atomic mass is 35.5. The van der Waals surface area contributed by atoms with E-state index in [1.54, 1.807) is 18.2 Å². The van der Waals surface area contributed by atoms with E-state index in [9.17, 15) is 4.79 Å². The van der Waals surface area contributed by atoms with Gasteiger partial charge in [-0.15, -0.1) is 0 Å². The van der Waals surface area contributed by atoms with E-state index in [0.717, 1.165) is 18.4 Å². The highest BCUT2D eigenvalue weighted by Crippen LogP contribution is 2.48. The van der Waals surface area contributed by atoms with E-state index < -0.39 is 0 Å². The number of nitrogens with zero attached hydrogens (tertiary/aromatic N) is 1. The zero-order chi connectivity index (χ0) is 13.1. The van der Waals surface area contributed by atoms with Crippen molar-refractivity contribution < 1.29 is 4.79 Å². The molecule has 90 valence electrons. The zero-order valence-electron chi connectivity index (χ0n) is 10.4. The highest BCUT2D eigenvalue weighted by molar-refractivity contribution is 6.31. The van der Waals surface area contributed by atoms with Gasteiger partial charge in [-0.2, -0.15) is 5.26 Å². The molecule has 0 radical (unpaired) electrons. The van der Waals surface area contributed by atoms with Crippen molar-refractivity contribution in [2.24, 2.45) is 0 Å². The van der Waals surface area contributed by atoms with E-state index in [1.807, 2.05) is 13.8 Å². The minimum atomic E-state index is -0.380. The van der Waals surface area contributed by atoms with Gasteiger partial charge < -0.3 is 0 Å². The number of carbonyl (C=O) groups is 1. The van der Waals surface area contributed by atoms with Gasteiger partial charge in [0, 0.05) is 10.6 Å². The minimum Gasteiger partial charge on any atom is -0.295 e. The number of benzene rings is 1. The van der Waals surface area contributed by atoms with Crippen LogP contribution in [-0.4, -0.2) is 5.78 Å². The monoisotopic (exact) mass is 249 g/mol. The molecule has 0 unspecified atom stereocenters. The Hall–Kier alpha value is -1.33. The van der Waals surface area contributed by atoms with Crippen LogP contribution in [0.4, 0.5) is 0 Å². The van der Waals surface area contributed by atoms with Crippen molar-refractivity contribution in [2.75, 3.05) is 0 Å². The fourth-order valence-electron chi connectivity index (χ4n) is 1.66. The Bertz CT molecular complexity index is 470. The topological polar surface area (TPSA) is 40.9 Å². The molecule has 0 aliphatic heterocycles. The number of carbonyl (C=O) groups excluding carboxylic acids is 1. The quantitative estimate of drug-likeness (QED) is 0.740. The summed E-state index contributed by atoms with van der Waals surface area (Å²) in [4.78, 5) is 11.2. The van der Waals surface area contributed by atoms with Crippen LogP contribution in [-0.2, 0) is 5.41 Å². The Kier molecular flexibility index (Phi) is 4.31. The average Bonchev–Trinajstić information content (AvgIpc) is 3.11. The van der Waals surface area contributed by atoms with Gasteiger partial charge in [0.25, 0.3) is 0 Å². The average molecular weight is 250 g/mol. The SMILES string of the molecule is CC.CC(=O)c1cc(Cl)cc(C2(C#N)CC2)c1. The summed E-state index contributed by atoms with van der Waals surface area (Å²) < 4.78 is 0. The van der Waals surface area contributed by atoms with Crippen LogP contribution in [0.1, 0.15) is 49.5 Å². The summed E-state index contributed by atoms with van der Waals surface area (Å²) in [5.41, 5.74) is 1.08. The largest absolute Gasteiger partial charge is 0.295 e. The third-order valence-corrected chi connectivity index (χ3v) is 3.04. The second-order valence-electron chi connectivity index (χ2n) is 3.98. The maximum absolute atomic E-state index is 11.2. The molecule has 0 atom stereocenters. The van der Waals surface area contributed by atoms with Crippen LogP contribution >= 0.6 is 11.6 Å². The molecule has 1 fully saturated rings. The summed E-state index contributed by atoms with van der Waals surface area (Å²) in [7, 11) is 0. The Morgan fingerprint density at radius 2 is 1.94 bits per heavy atom. The van der Waals surface area contributed by atoms with Gasteiger partial charge in [-0.05, 0) is 43.5 Å². The molecule has 0 spiro atoms. The van der Waals surface area contributed by atoms with Gasteiger partial charge in [-0.25, -0.2) is 0 Å². The second-order valence-corrected chi connectivity index (χ2v) is 4.42. The van der Waals surface area contributed by atoms with Crippen molar-refractivity contribution in [3.63, 3.8) is 0 Å². The van der Waals surface area contributed by atoms with E-state index in [0.29, 0.717) is 10.6 Å². The first kappa shape index (κ1) is 13.7. The lowest BCUT2D eigenvalue weighted by Crippen LogP contribution is -2.04. The lowest BCUT2D eigenvalue weighted by atomic mass is 9.95. The molecule has 0 amide bonds. The van der Waals surface area contributed by atoms with Crippen LogP contribution in [0.2, 0.25) is 5.02 Å². The summed E-state index contributed by atoms with van der Waals surface area (Å²) in [6.45, 7) is 5.50. The van der Waals surface area contributed by atoms with Crippen molar-refractivity contribution in [3.05, 3.63) is 34.3 Å². The Morgan fingerprint density at radius 3 is 2.35 bits per heavy atom. The smallest absolute Gasteiger partial charge is 0.159 e. The fraction of sp³-hybridized carbons (Fsp3) is 0.429. The van der Waals surface area contributed by atoms with Crippen molar-refractivity contribution in [2.45, 2.75) is 39.0 Å². The number of Topliss-reactive ketones (excluding diaryl/α,β-unsaturated/α-hetero) is 1. The zero-order valence-corrected chi connectivity index (χ0v) is 11.1. The highest BCUT2D eigenvalue weighted by Gasteiger charge is 2.45. The molecule has 2 nitrogen and oxygen atoms in total. The predicted molar refractivity (Wildman–Crippen MR) is 69.3 cm³/mol. The summed E-state index contributed by atoms with van der Waals surface area (Å²) in [6, 6.07) is 7.50. The third-order valence-electron chi connectivity index (χ3n) is 2.82. The fourth-order valence-corrected chi connectivity index (χ4v) is 1.89. The number of halogens is 1. The molecule has 0 aromatic heterocycles. The third kappa shape index (κ3) is 2.87. The molecule has 17 heavy (non-hydrogen) atoms. The molecule has 1 saturated carbocycles. The molecule has 3 heteroatoms. The summed E-state index contributed by atoms with van der Waals surface area (Å²) >= 11 is 5.92. The number of ketones is 1. The van der Waals surface area contributed by atoms with Crippen molar-refractivity contribution in [1.82, 2.24) is 0 Å². The first-order valence-electron chi connectivity index (χ1n) is 5.81. The molecule has 1 aliphatic rings. The van der Waals surface area contributed by atoms with Crippen LogP contribution < -0.4 is 0 Å². The molecule has 0 heterocycles. The summed E-state index contributed by atoms with van der Waals surface area (Å²) in [5.74, 6) is -0.0208. The number of rotatable bonds is 2. The molecule has 0 saturated heterocycles. The normalized spacial score (nSPS) is 15.2. The van der Waals surface area contributed by atoms with Crippen LogP contribution in [0.5, 0.6) is 0 Å². The standard InChI is InChI=1S/C12H10ClNO.C2H6/c1-8(15)9-4-10(6-11(13)5-9)12(7-14)2-3-12;1-2/h4-6H,2-3H2,1H3;1-2H3. The number of hydrogen-bond acceptors (Lipinski definition) is 2. The van der Waals surface area contributed by atoms with Crippen molar-refractivity contribution >= 4 is 17.4 Å². The van der Waals surface area contributed by atoms with Gasteiger partial charge in [0.15, 0.2) is 5.78 Å². The van der Waals surface area contributed by atoms with E-state index in [2.05, 4.69) is 6.07 Å². The maximum Gasteiger partial charge on any atom is 0.159 e. The Labute approximate surface area is 107 Å². The van der Waals surface area contributed by atoms with Crippen molar-refractivity contribution in [3.8, 4) is 6.07 Å². The first-order valence-corrected chi connectivity index (χ1v) is 6.18. The van der Waals surface area contributed by atoms with Gasteiger partial charge >= 0.3 is 0 Å². The number of hydrogen-bond donors (Lipinski definition) is 0. The van der Waals surface area contributed by atoms with Crippen LogP contribution in [0, 0.1) is 11.3 Å². The molecule has 1 aromatic carbocycles. The predicted octanol–water partition coefficient (Wildman–Crippen LogP) is 4.12. The van der Waals surface area contributed by atoms with Gasteiger partial charge in [0.1, 0.15) is 0 Å².